The standard InChI is InChI=1S/C20H20ClN/c1-12-10-11-16-14-7-5-8-15(14)20(22-19(16)13(12)2)17-6-3-4-9-18(17)21/h3-7,9-11,14-15,20,22H,8H2,1-2H3/t14-,15-,20+/m1/s1. The summed E-state index contributed by atoms with van der Waals surface area (Å²) in [5.74, 6) is 1.05. The minimum Gasteiger partial charge on any atom is -0.377 e. The second-order valence-electron chi connectivity index (χ2n) is 6.47. The van der Waals surface area contributed by atoms with Gasteiger partial charge in [0.15, 0.2) is 0 Å². The molecule has 0 spiro atoms. The molecule has 1 N–H and O–H groups in total. The highest BCUT2D eigenvalue weighted by Crippen LogP contribution is 2.51. The average Bonchev–Trinajstić information content (AvgIpc) is 3.00. The van der Waals surface area contributed by atoms with E-state index in [0.717, 1.165) is 11.4 Å². The maximum Gasteiger partial charge on any atom is 0.0568 e. The van der Waals surface area contributed by atoms with Crippen LogP contribution in [0.5, 0.6) is 0 Å². The molecule has 2 heteroatoms. The Bertz CT molecular complexity index is 762. The number of halogens is 1. The topological polar surface area (TPSA) is 12.0 Å². The Morgan fingerprint density at radius 1 is 1.05 bits per heavy atom. The van der Waals surface area contributed by atoms with Crippen LogP contribution in [-0.2, 0) is 0 Å². The summed E-state index contributed by atoms with van der Waals surface area (Å²) in [4.78, 5) is 0. The van der Waals surface area contributed by atoms with Crippen LogP contribution in [0.3, 0.4) is 0 Å². The summed E-state index contributed by atoms with van der Waals surface area (Å²) in [5, 5.41) is 4.67. The van der Waals surface area contributed by atoms with E-state index in [1.165, 1.54) is 27.9 Å². The molecule has 3 atom stereocenters. The van der Waals surface area contributed by atoms with E-state index in [1.807, 2.05) is 12.1 Å². The molecule has 2 aromatic carbocycles. The third kappa shape index (κ3) is 1.99. The smallest absolute Gasteiger partial charge is 0.0568 e. The number of allylic oxidation sites excluding steroid dienone is 2. The van der Waals surface area contributed by atoms with E-state index in [0.29, 0.717) is 11.8 Å². The zero-order chi connectivity index (χ0) is 15.3. The van der Waals surface area contributed by atoms with Gasteiger partial charge in [0, 0.05) is 16.6 Å². The van der Waals surface area contributed by atoms with Crippen LogP contribution in [-0.4, -0.2) is 0 Å². The van der Waals surface area contributed by atoms with Gasteiger partial charge < -0.3 is 5.32 Å². The lowest BCUT2D eigenvalue weighted by Crippen LogP contribution is -2.30. The molecule has 0 amide bonds. The van der Waals surface area contributed by atoms with E-state index in [4.69, 9.17) is 11.6 Å². The van der Waals surface area contributed by atoms with Crippen molar-refractivity contribution in [1.82, 2.24) is 0 Å². The van der Waals surface area contributed by atoms with E-state index in [1.54, 1.807) is 0 Å². The van der Waals surface area contributed by atoms with Gasteiger partial charge in [-0.15, -0.1) is 0 Å². The normalized spacial score (nSPS) is 25.5. The number of anilines is 1. The SMILES string of the molecule is Cc1ccc2c(c1C)N[C@H](c1ccccc1Cl)[C@@H]1CC=C[C@@H]21. The van der Waals surface area contributed by atoms with Crippen LogP contribution in [0.4, 0.5) is 5.69 Å². The van der Waals surface area contributed by atoms with Gasteiger partial charge in [-0.2, -0.15) is 0 Å². The fourth-order valence-electron chi connectivity index (χ4n) is 3.95. The molecular weight excluding hydrogens is 290 g/mol. The number of rotatable bonds is 1. The summed E-state index contributed by atoms with van der Waals surface area (Å²) in [6.45, 7) is 4.39. The lowest BCUT2D eigenvalue weighted by atomic mass is 9.76. The van der Waals surface area contributed by atoms with Crippen LogP contribution in [0, 0.1) is 19.8 Å². The first kappa shape index (κ1) is 13.9. The summed E-state index contributed by atoms with van der Waals surface area (Å²) in [6, 6.07) is 13.1. The third-order valence-electron chi connectivity index (χ3n) is 5.31. The molecule has 0 saturated carbocycles. The van der Waals surface area contributed by atoms with Gasteiger partial charge in [0.05, 0.1) is 6.04 Å². The lowest BCUT2D eigenvalue weighted by molar-refractivity contribution is 0.425. The van der Waals surface area contributed by atoms with Gasteiger partial charge in [0.1, 0.15) is 0 Å². The van der Waals surface area contributed by atoms with E-state index in [9.17, 15) is 0 Å². The second kappa shape index (κ2) is 5.17. The number of fused-ring (bicyclic) bond motifs is 3. The van der Waals surface area contributed by atoms with Crippen molar-refractivity contribution in [3.8, 4) is 0 Å². The second-order valence-corrected chi connectivity index (χ2v) is 6.88. The summed E-state index contributed by atoms with van der Waals surface area (Å²) in [5.41, 5.74) is 6.65. The molecule has 0 aromatic heterocycles. The highest BCUT2D eigenvalue weighted by Gasteiger charge is 2.39. The van der Waals surface area contributed by atoms with Gasteiger partial charge in [-0.05, 0) is 54.5 Å². The molecule has 0 bridgehead atoms. The van der Waals surface area contributed by atoms with Crippen LogP contribution in [0.1, 0.15) is 40.6 Å². The predicted octanol–water partition coefficient (Wildman–Crippen LogP) is 5.78. The van der Waals surface area contributed by atoms with Gasteiger partial charge in [0.25, 0.3) is 0 Å². The van der Waals surface area contributed by atoms with Gasteiger partial charge in [-0.1, -0.05) is 54.1 Å². The minimum atomic E-state index is 0.279. The van der Waals surface area contributed by atoms with Crippen molar-refractivity contribution in [2.45, 2.75) is 32.2 Å². The molecule has 1 aliphatic heterocycles. The number of hydrogen-bond acceptors (Lipinski definition) is 1. The van der Waals surface area contributed by atoms with Gasteiger partial charge in [0.2, 0.25) is 0 Å². The summed E-state index contributed by atoms with van der Waals surface area (Å²) < 4.78 is 0. The zero-order valence-electron chi connectivity index (χ0n) is 12.9. The molecule has 112 valence electrons. The number of nitrogens with one attached hydrogen (secondary N) is 1. The Labute approximate surface area is 137 Å². The fourth-order valence-corrected chi connectivity index (χ4v) is 4.21. The lowest BCUT2D eigenvalue weighted by Gasteiger charge is -2.39. The molecule has 1 nitrogen and oxygen atoms in total. The Kier molecular flexibility index (Phi) is 3.27. The predicted molar refractivity (Wildman–Crippen MR) is 93.7 cm³/mol. The number of aryl methyl sites for hydroxylation is 1. The maximum absolute atomic E-state index is 6.49. The Morgan fingerprint density at radius 3 is 2.68 bits per heavy atom. The molecule has 22 heavy (non-hydrogen) atoms. The molecule has 0 unspecified atom stereocenters. The van der Waals surface area contributed by atoms with E-state index in [-0.39, 0.29) is 6.04 Å². The van der Waals surface area contributed by atoms with Gasteiger partial charge in [-0.3, -0.25) is 0 Å². The van der Waals surface area contributed by atoms with Crippen molar-refractivity contribution in [2.24, 2.45) is 5.92 Å². The minimum absolute atomic E-state index is 0.279. The summed E-state index contributed by atoms with van der Waals surface area (Å²) in [6.07, 6.45) is 5.81. The number of hydrogen-bond donors (Lipinski definition) is 1. The molecule has 1 heterocycles. The monoisotopic (exact) mass is 309 g/mol. The van der Waals surface area contributed by atoms with E-state index >= 15 is 0 Å². The van der Waals surface area contributed by atoms with E-state index < -0.39 is 0 Å². The zero-order valence-corrected chi connectivity index (χ0v) is 13.7. The highest BCUT2D eigenvalue weighted by molar-refractivity contribution is 6.31. The molecule has 0 saturated heterocycles. The first-order valence-corrected chi connectivity index (χ1v) is 8.32. The summed E-state index contributed by atoms with van der Waals surface area (Å²) in [7, 11) is 0. The molecule has 1 aliphatic carbocycles. The first-order chi connectivity index (χ1) is 10.7. The van der Waals surface area contributed by atoms with E-state index in [2.05, 4.69) is 55.6 Å². The molecule has 4 rings (SSSR count). The largest absolute Gasteiger partial charge is 0.377 e. The molecular formula is C20H20ClN. The van der Waals surface area contributed by atoms with Crippen molar-refractivity contribution in [1.29, 1.82) is 0 Å². The van der Waals surface area contributed by atoms with Crippen molar-refractivity contribution < 1.29 is 0 Å². The van der Waals surface area contributed by atoms with Crippen molar-refractivity contribution in [2.75, 3.05) is 5.32 Å². The Hall–Kier alpha value is -1.73. The average molecular weight is 310 g/mol. The quantitative estimate of drug-likeness (QED) is 0.658. The van der Waals surface area contributed by atoms with Crippen LogP contribution in [0.2, 0.25) is 5.02 Å². The van der Waals surface area contributed by atoms with Gasteiger partial charge in [-0.25, -0.2) is 0 Å². The Morgan fingerprint density at radius 2 is 1.86 bits per heavy atom. The third-order valence-corrected chi connectivity index (χ3v) is 5.65. The van der Waals surface area contributed by atoms with Crippen LogP contribution < -0.4 is 5.32 Å². The van der Waals surface area contributed by atoms with Gasteiger partial charge >= 0.3 is 0 Å². The van der Waals surface area contributed by atoms with Crippen LogP contribution >= 0.6 is 11.6 Å². The molecule has 0 fully saturated rings. The van der Waals surface area contributed by atoms with Crippen LogP contribution in [0.15, 0.2) is 48.6 Å². The molecule has 2 aromatic rings. The van der Waals surface area contributed by atoms with Crippen molar-refractivity contribution >= 4 is 17.3 Å². The maximum atomic E-state index is 6.49. The first-order valence-electron chi connectivity index (χ1n) is 7.94. The fraction of sp³-hybridized carbons (Fsp3) is 0.300. The number of benzene rings is 2. The highest BCUT2D eigenvalue weighted by atomic mass is 35.5. The molecule has 0 radical (unpaired) electrons. The van der Waals surface area contributed by atoms with Crippen molar-refractivity contribution in [3.63, 3.8) is 0 Å². The van der Waals surface area contributed by atoms with Crippen molar-refractivity contribution in [3.05, 3.63) is 75.8 Å². The van der Waals surface area contributed by atoms with Crippen LogP contribution in [0.25, 0.3) is 0 Å². The molecule has 2 aliphatic rings. The Balaban J connectivity index is 1.87. The summed E-state index contributed by atoms with van der Waals surface area (Å²) >= 11 is 6.49.